The molecule has 0 atom stereocenters. The van der Waals surface area contributed by atoms with Crippen molar-refractivity contribution in [2.75, 3.05) is 6.79 Å². The van der Waals surface area contributed by atoms with Gasteiger partial charge < -0.3 is 9.47 Å². The maximum atomic E-state index is 5.41. The van der Waals surface area contributed by atoms with Crippen LogP contribution in [0, 0.1) is 0 Å². The van der Waals surface area contributed by atoms with Crippen LogP contribution in [-0.2, 0) is 0 Å². The van der Waals surface area contributed by atoms with Gasteiger partial charge in [-0.3, -0.25) is 0 Å². The van der Waals surface area contributed by atoms with Gasteiger partial charge in [0.05, 0.1) is 0 Å². The monoisotopic (exact) mass is 274 g/mol. The fraction of sp³-hybridized carbons (Fsp3) is 0.0526. The number of hydrogen-bond acceptors (Lipinski definition) is 2. The molecule has 0 unspecified atom stereocenters. The number of fused-ring (bicyclic) bond motifs is 2. The van der Waals surface area contributed by atoms with Crippen LogP contribution in [0.3, 0.4) is 0 Å². The third-order valence-corrected chi connectivity index (χ3v) is 3.68. The van der Waals surface area contributed by atoms with Crippen molar-refractivity contribution in [2.24, 2.45) is 0 Å². The van der Waals surface area contributed by atoms with Crippen LogP contribution in [0.1, 0.15) is 11.1 Å². The fourth-order valence-corrected chi connectivity index (χ4v) is 2.60. The van der Waals surface area contributed by atoms with E-state index < -0.39 is 0 Å². The van der Waals surface area contributed by atoms with Gasteiger partial charge in [-0.15, -0.1) is 0 Å². The first-order chi connectivity index (χ1) is 10.4. The Balaban J connectivity index is 1.71. The Morgan fingerprint density at radius 1 is 0.762 bits per heavy atom. The summed E-state index contributed by atoms with van der Waals surface area (Å²) in [7, 11) is 0. The highest BCUT2D eigenvalue weighted by atomic mass is 16.7. The predicted molar refractivity (Wildman–Crippen MR) is 85.4 cm³/mol. The zero-order valence-electron chi connectivity index (χ0n) is 11.5. The topological polar surface area (TPSA) is 18.5 Å². The first-order valence-corrected chi connectivity index (χ1v) is 6.96. The van der Waals surface area contributed by atoms with Crippen LogP contribution < -0.4 is 9.47 Å². The van der Waals surface area contributed by atoms with E-state index in [-0.39, 0.29) is 0 Å². The van der Waals surface area contributed by atoms with Gasteiger partial charge in [0.2, 0.25) is 6.79 Å². The molecule has 3 aromatic rings. The molecule has 2 heteroatoms. The zero-order valence-corrected chi connectivity index (χ0v) is 11.5. The molecule has 3 aromatic carbocycles. The van der Waals surface area contributed by atoms with Gasteiger partial charge in [0.15, 0.2) is 11.5 Å². The lowest BCUT2D eigenvalue weighted by Crippen LogP contribution is -1.92. The molecule has 0 aliphatic carbocycles. The quantitative estimate of drug-likeness (QED) is 0.628. The van der Waals surface area contributed by atoms with Gasteiger partial charge in [0.25, 0.3) is 0 Å². The Labute approximate surface area is 123 Å². The second-order valence-corrected chi connectivity index (χ2v) is 5.01. The lowest BCUT2D eigenvalue weighted by atomic mass is 10.0. The van der Waals surface area contributed by atoms with Gasteiger partial charge in [-0.05, 0) is 34.0 Å². The third-order valence-electron chi connectivity index (χ3n) is 3.68. The fourth-order valence-electron chi connectivity index (χ4n) is 2.60. The maximum absolute atomic E-state index is 5.41. The molecule has 0 aromatic heterocycles. The number of hydrogen-bond donors (Lipinski definition) is 0. The molecule has 1 aliphatic rings. The molecule has 0 radical (unpaired) electrons. The molecule has 0 amide bonds. The smallest absolute Gasteiger partial charge is 0.231 e. The highest BCUT2D eigenvalue weighted by molar-refractivity contribution is 5.92. The second-order valence-electron chi connectivity index (χ2n) is 5.01. The van der Waals surface area contributed by atoms with Crippen molar-refractivity contribution in [3.8, 4) is 11.5 Å². The summed E-state index contributed by atoms with van der Waals surface area (Å²) in [5.41, 5.74) is 2.32. The van der Waals surface area contributed by atoms with Gasteiger partial charge in [0, 0.05) is 0 Å². The molecule has 21 heavy (non-hydrogen) atoms. The standard InChI is InChI=1S/C19H14O2/c1-2-7-17-15(4-1)5-3-6-16(17)10-8-14-9-11-18-19(12-14)21-13-20-18/h1-12H,13H2/b10-8+. The molecule has 0 saturated heterocycles. The van der Waals surface area contributed by atoms with Crippen LogP contribution in [-0.4, -0.2) is 6.79 Å². The number of rotatable bonds is 2. The molecule has 0 N–H and O–H groups in total. The second kappa shape index (κ2) is 4.98. The Bertz CT molecular complexity index is 829. The van der Waals surface area contributed by atoms with E-state index in [0.717, 1.165) is 17.1 Å². The minimum Gasteiger partial charge on any atom is -0.454 e. The van der Waals surface area contributed by atoms with Gasteiger partial charge in [-0.1, -0.05) is 60.7 Å². The highest BCUT2D eigenvalue weighted by Gasteiger charge is 2.12. The Morgan fingerprint density at radius 3 is 2.62 bits per heavy atom. The molecular formula is C19H14O2. The van der Waals surface area contributed by atoms with Gasteiger partial charge >= 0.3 is 0 Å². The Hall–Kier alpha value is -2.74. The molecule has 0 bridgehead atoms. The largest absolute Gasteiger partial charge is 0.454 e. The Morgan fingerprint density at radius 2 is 1.62 bits per heavy atom. The van der Waals surface area contributed by atoms with Gasteiger partial charge in [0.1, 0.15) is 0 Å². The molecule has 102 valence electrons. The normalized spacial score (nSPS) is 13.1. The minimum atomic E-state index is 0.311. The lowest BCUT2D eigenvalue weighted by molar-refractivity contribution is 0.174. The first-order valence-electron chi connectivity index (χ1n) is 6.96. The van der Waals surface area contributed by atoms with E-state index in [4.69, 9.17) is 9.47 Å². The van der Waals surface area contributed by atoms with E-state index in [1.54, 1.807) is 0 Å². The predicted octanol–water partition coefficient (Wildman–Crippen LogP) is 4.74. The summed E-state index contributed by atoms with van der Waals surface area (Å²) in [5.74, 6) is 1.63. The molecule has 0 saturated carbocycles. The summed E-state index contributed by atoms with van der Waals surface area (Å²) >= 11 is 0. The zero-order chi connectivity index (χ0) is 14.1. The average molecular weight is 274 g/mol. The highest BCUT2D eigenvalue weighted by Crippen LogP contribution is 2.33. The summed E-state index contributed by atoms with van der Waals surface area (Å²) < 4.78 is 10.7. The van der Waals surface area contributed by atoms with Crippen LogP contribution in [0.4, 0.5) is 0 Å². The molecule has 0 spiro atoms. The van der Waals surface area contributed by atoms with E-state index in [1.165, 1.54) is 16.3 Å². The van der Waals surface area contributed by atoms with Gasteiger partial charge in [-0.25, -0.2) is 0 Å². The van der Waals surface area contributed by atoms with Crippen LogP contribution >= 0.6 is 0 Å². The maximum Gasteiger partial charge on any atom is 0.231 e. The summed E-state index contributed by atoms with van der Waals surface area (Å²) in [6.07, 6.45) is 4.24. The Kier molecular flexibility index (Phi) is 2.86. The van der Waals surface area contributed by atoms with E-state index >= 15 is 0 Å². The van der Waals surface area contributed by atoms with Crippen molar-refractivity contribution >= 4 is 22.9 Å². The van der Waals surface area contributed by atoms with Crippen LogP contribution in [0.5, 0.6) is 11.5 Å². The average Bonchev–Trinajstić information content (AvgIpc) is 3.00. The molecule has 2 nitrogen and oxygen atoms in total. The van der Waals surface area contributed by atoms with Crippen molar-refractivity contribution < 1.29 is 9.47 Å². The van der Waals surface area contributed by atoms with E-state index in [0.29, 0.717) is 6.79 Å². The number of benzene rings is 3. The summed E-state index contributed by atoms with van der Waals surface area (Å²) in [6.45, 7) is 0.311. The summed E-state index contributed by atoms with van der Waals surface area (Å²) in [6, 6.07) is 20.8. The summed E-state index contributed by atoms with van der Waals surface area (Å²) in [4.78, 5) is 0. The molecular weight excluding hydrogens is 260 g/mol. The lowest BCUT2D eigenvalue weighted by Gasteiger charge is -2.02. The van der Waals surface area contributed by atoms with Crippen molar-refractivity contribution in [2.45, 2.75) is 0 Å². The summed E-state index contributed by atoms with van der Waals surface area (Å²) in [5, 5.41) is 2.52. The molecule has 1 aliphatic heterocycles. The van der Waals surface area contributed by atoms with Crippen molar-refractivity contribution in [1.29, 1.82) is 0 Å². The van der Waals surface area contributed by atoms with E-state index in [9.17, 15) is 0 Å². The van der Waals surface area contributed by atoms with Crippen LogP contribution in [0.25, 0.3) is 22.9 Å². The first kappa shape index (κ1) is 12.0. The van der Waals surface area contributed by atoms with Crippen molar-refractivity contribution in [3.05, 3.63) is 71.8 Å². The van der Waals surface area contributed by atoms with Crippen molar-refractivity contribution in [1.82, 2.24) is 0 Å². The van der Waals surface area contributed by atoms with Crippen LogP contribution in [0.15, 0.2) is 60.7 Å². The van der Waals surface area contributed by atoms with E-state index in [2.05, 4.69) is 54.6 Å². The van der Waals surface area contributed by atoms with Crippen LogP contribution in [0.2, 0.25) is 0 Å². The molecule has 0 fully saturated rings. The van der Waals surface area contributed by atoms with Gasteiger partial charge in [-0.2, -0.15) is 0 Å². The SMILES string of the molecule is C(=C\c1cccc2ccccc12)/c1ccc2c(c1)OCO2. The van der Waals surface area contributed by atoms with E-state index in [1.807, 2.05) is 18.2 Å². The number of ether oxygens (including phenoxy) is 2. The third kappa shape index (κ3) is 2.25. The molecule has 1 heterocycles. The van der Waals surface area contributed by atoms with Crippen molar-refractivity contribution in [3.63, 3.8) is 0 Å². The minimum absolute atomic E-state index is 0.311. The molecule has 4 rings (SSSR count).